The van der Waals surface area contributed by atoms with E-state index >= 15 is 0 Å². The van der Waals surface area contributed by atoms with E-state index in [9.17, 15) is 0 Å². The average molecular weight is 250 g/mol. The zero-order valence-corrected chi connectivity index (χ0v) is 13.2. The van der Waals surface area contributed by atoms with Crippen LogP contribution >= 0.6 is 0 Å². The molecule has 0 aliphatic rings. The van der Waals surface area contributed by atoms with Crippen LogP contribution in [0.15, 0.2) is 0 Å². The summed E-state index contributed by atoms with van der Waals surface area (Å²) in [5, 5.41) is 0. The van der Waals surface area contributed by atoms with Gasteiger partial charge in [-0.15, -0.1) is 0 Å². The van der Waals surface area contributed by atoms with Gasteiger partial charge in [-0.05, 0) is 24.7 Å². The van der Waals surface area contributed by atoms with Crippen LogP contribution in [-0.4, -0.2) is 9.97 Å². The third-order valence-electron chi connectivity index (χ3n) is 4.40. The first-order valence-corrected chi connectivity index (χ1v) is 7.51. The van der Waals surface area contributed by atoms with Gasteiger partial charge in [0.1, 0.15) is 5.82 Å². The first kappa shape index (κ1) is 15.3. The predicted molar refractivity (Wildman–Crippen MR) is 79.3 cm³/mol. The van der Waals surface area contributed by atoms with E-state index in [2.05, 4.69) is 53.5 Å². The van der Waals surface area contributed by atoms with E-state index in [4.69, 9.17) is 4.98 Å². The maximum atomic E-state index is 4.92. The average Bonchev–Trinajstić information content (AvgIpc) is 2.80. The van der Waals surface area contributed by atoms with Crippen molar-refractivity contribution in [2.45, 2.75) is 79.1 Å². The van der Waals surface area contributed by atoms with Crippen molar-refractivity contribution in [3.05, 3.63) is 17.2 Å². The van der Waals surface area contributed by atoms with Crippen LogP contribution in [0.3, 0.4) is 0 Å². The molecular formula is C16H30N2. The number of aromatic nitrogens is 2. The van der Waals surface area contributed by atoms with Gasteiger partial charge in [0.05, 0.1) is 5.69 Å². The van der Waals surface area contributed by atoms with E-state index in [0.29, 0.717) is 23.7 Å². The number of rotatable bonds is 6. The molecule has 0 spiro atoms. The van der Waals surface area contributed by atoms with Crippen molar-refractivity contribution in [2.24, 2.45) is 5.92 Å². The van der Waals surface area contributed by atoms with Crippen molar-refractivity contribution in [1.29, 1.82) is 0 Å². The Balaban J connectivity index is 3.16. The summed E-state index contributed by atoms with van der Waals surface area (Å²) < 4.78 is 0. The first-order chi connectivity index (χ1) is 8.42. The maximum Gasteiger partial charge on any atom is 0.109 e. The molecule has 0 aromatic carbocycles. The molecule has 3 atom stereocenters. The van der Waals surface area contributed by atoms with Crippen LogP contribution in [0.4, 0.5) is 0 Å². The topological polar surface area (TPSA) is 28.7 Å². The predicted octanol–water partition coefficient (Wildman–Crippen LogP) is 5.20. The summed E-state index contributed by atoms with van der Waals surface area (Å²) in [5.41, 5.74) is 2.67. The highest BCUT2D eigenvalue weighted by Crippen LogP contribution is 2.32. The standard InChI is InChI=1S/C16H30N2/c1-8-11(5)14-15(13(7)10(3)4)18-16(17-14)12(6)9-2/h10-13H,8-9H2,1-7H3,(H,17,18). The van der Waals surface area contributed by atoms with Crippen molar-refractivity contribution < 1.29 is 0 Å². The summed E-state index contributed by atoms with van der Waals surface area (Å²) in [6.07, 6.45) is 2.31. The number of hydrogen-bond donors (Lipinski definition) is 1. The minimum absolute atomic E-state index is 0.529. The maximum absolute atomic E-state index is 4.92. The van der Waals surface area contributed by atoms with E-state index < -0.39 is 0 Å². The van der Waals surface area contributed by atoms with Gasteiger partial charge in [-0.3, -0.25) is 0 Å². The van der Waals surface area contributed by atoms with E-state index in [1.165, 1.54) is 23.6 Å². The SMILES string of the molecule is CCC(C)c1nc(C(C)C(C)C)c(C(C)CC)[nH]1. The molecule has 0 amide bonds. The summed E-state index contributed by atoms with van der Waals surface area (Å²) in [5.74, 6) is 3.45. The van der Waals surface area contributed by atoms with Gasteiger partial charge in [0.25, 0.3) is 0 Å². The van der Waals surface area contributed by atoms with Gasteiger partial charge >= 0.3 is 0 Å². The molecule has 0 saturated heterocycles. The zero-order chi connectivity index (χ0) is 13.9. The van der Waals surface area contributed by atoms with Gasteiger partial charge in [-0.25, -0.2) is 4.98 Å². The molecule has 0 fully saturated rings. The first-order valence-electron chi connectivity index (χ1n) is 7.51. The second kappa shape index (κ2) is 6.40. The molecule has 1 N–H and O–H groups in total. The lowest BCUT2D eigenvalue weighted by atomic mass is 9.90. The summed E-state index contributed by atoms with van der Waals surface area (Å²) in [4.78, 5) is 8.52. The van der Waals surface area contributed by atoms with E-state index in [0.717, 1.165) is 6.42 Å². The largest absolute Gasteiger partial charge is 0.345 e. The number of nitrogens with one attached hydrogen (secondary N) is 1. The second-order valence-corrected chi connectivity index (χ2v) is 6.07. The van der Waals surface area contributed by atoms with Crippen LogP contribution < -0.4 is 0 Å². The van der Waals surface area contributed by atoms with Gasteiger partial charge in [-0.1, -0.05) is 48.5 Å². The molecule has 3 unspecified atom stereocenters. The minimum Gasteiger partial charge on any atom is -0.345 e. The normalized spacial score (nSPS) is 16.9. The van der Waals surface area contributed by atoms with Crippen LogP contribution in [-0.2, 0) is 0 Å². The third-order valence-corrected chi connectivity index (χ3v) is 4.40. The van der Waals surface area contributed by atoms with Crippen molar-refractivity contribution in [1.82, 2.24) is 9.97 Å². The molecule has 0 aliphatic heterocycles. The van der Waals surface area contributed by atoms with E-state index in [1.807, 2.05) is 0 Å². The van der Waals surface area contributed by atoms with E-state index in [1.54, 1.807) is 0 Å². The molecule has 0 radical (unpaired) electrons. The Hall–Kier alpha value is -0.790. The molecule has 1 aromatic heterocycles. The highest BCUT2D eigenvalue weighted by molar-refractivity contribution is 5.23. The Labute approximate surface area is 113 Å². The molecule has 1 aromatic rings. The highest BCUT2D eigenvalue weighted by atomic mass is 15.0. The molecule has 0 saturated carbocycles. The molecule has 0 bridgehead atoms. The quantitative estimate of drug-likeness (QED) is 0.739. The van der Waals surface area contributed by atoms with Crippen LogP contribution in [0, 0.1) is 5.92 Å². The summed E-state index contributed by atoms with van der Waals surface area (Å²) in [6, 6.07) is 0. The molecule has 104 valence electrons. The number of imidazole rings is 1. The molecule has 0 aliphatic carbocycles. The number of H-pyrrole nitrogens is 1. The van der Waals surface area contributed by atoms with Gasteiger partial charge in [0.15, 0.2) is 0 Å². The summed E-state index contributed by atoms with van der Waals surface area (Å²) >= 11 is 0. The smallest absolute Gasteiger partial charge is 0.109 e. The lowest BCUT2D eigenvalue weighted by molar-refractivity contribution is 0.515. The Morgan fingerprint density at radius 2 is 1.50 bits per heavy atom. The van der Waals surface area contributed by atoms with Crippen LogP contribution in [0.1, 0.15) is 96.3 Å². The molecule has 2 nitrogen and oxygen atoms in total. The molecule has 1 rings (SSSR count). The zero-order valence-electron chi connectivity index (χ0n) is 13.2. The fourth-order valence-electron chi connectivity index (χ4n) is 2.09. The van der Waals surface area contributed by atoms with Crippen LogP contribution in [0.5, 0.6) is 0 Å². The fourth-order valence-corrected chi connectivity index (χ4v) is 2.09. The summed E-state index contributed by atoms with van der Waals surface area (Å²) in [6.45, 7) is 15.9. The Bertz CT molecular complexity index is 365. The Morgan fingerprint density at radius 3 is 1.94 bits per heavy atom. The highest BCUT2D eigenvalue weighted by Gasteiger charge is 2.23. The molecule has 1 heterocycles. The number of hydrogen-bond acceptors (Lipinski definition) is 1. The molecular weight excluding hydrogens is 220 g/mol. The van der Waals surface area contributed by atoms with E-state index in [-0.39, 0.29) is 0 Å². The Morgan fingerprint density at radius 1 is 0.944 bits per heavy atom. The van der Waals surface area contributed by atoms with Crippen LogP contribution in [0.25, 0.3) is 0 Å². The van der Waals surface area contributed by atoms with Gasteiger partial charge < -0.3 is 4.98 Å². The monoisotopic (exact) mass is 250 g/mol. The van der Waals surface area contributed by atoms with Crippen molar-refractivity contribution in [2.75, 3.05) is 0 Å². The number of nitrogens with zero attached hydrogens (tertiary/aromatic N) is 1. The van der Waals surface area contributed by atoms with Gasteiger partial charge in [-0.2, -0.15) is 0 Å². The van der Waals surface area contributed by atoms with Crippen LogP contribution in [0.2, 0.25) is 0 Å². The van der Waals surface area contributed by atoms with Crippen molar-refractivity contribution in [3.63, 3.8) is 0 Å². The third kappa shape index (κ3) is 3.15. The number of aromatic amines is 1. The Kier molecular flexibility index (Phi) is 5.43. The fraction of sp³-hybridized carbons (Fsp3) is 0.812. The second-order valence-electron chi connectivity index (χ2n) is 6.07. The molecule has 2 heteroatoms. The lowest BCUT2D eigenvalue weighted by Gasteiger charge is -2.17. The van der Waals surface area contributed by atoms with Crippen molar-refractivity contribution >= 4 is 0 Å². The van der Waals surface area contributed by atoms with Gasteiger partial charge in [0.2, 0.25) is 0 Å². The van der Waals surface area contributed by atoms with Gasteiger partial charge in [0, 0.05) is 17.5 Å². The minimum atomic E-state index is 0.529. The summed E-state index contributed by atoms with van der Waals surface area (Å²) in [7, 11) is 0. The van der Waals surface area contributed by atoms with Crippen molar-refractivity contribution in [3.8, 4) is 0 Å². The lowest BCUT2D eigenvalue weighted by Crippen LogP contribution is -2.07. The molecule has 18 heavy (non-hydrogen) atoms.